The van der Waals surface area contributed by atoms with Crippen molar-refractivity contribution in [3.8, 4) is 50.2 Å². The van der Waals surface area contributed by atoms with Gasteiger partial charge in [0, 0.05) is 63.9 Å². The fourth-order valence-electron chi connectivity index (χ4n) is 12.1. The van der Waals surface area contributed by atoms with Gasteiger partial charge in [0.2, 0.25) is 0 Å². The van der Waals surface area contributed by atoms with E-state index >= 15 is 0 Å². The Balaban J connectivity index is 0.841. The number of aromatic nitrogens is 1. The van der Waals surface area contributed by atoms with Crippen LogP contribution in [0.25, 0.3) is 72.0 Å². The number of hydrogen-bond donors (Lipinski definition) is 0. The molecule has 14 rings (SSSR count). The number of benzene rings is 10. The molecule has 10 aromatic carbocycles. The molecule has 0 saturated heterocycles. The first-order chi connectivity index (χ1) is 34.2. The quantitative estimate of drug-likeness (QED) is 0.164. The van der Waals surface area contributed by atoms with Gasteiger partial charge in [-0.2, -0.15) is 0 Å². The zero-order valence-corrected chi connectivity index (χ0v) is 41.1. The average Bonchev–Trinajstić information content (AvgIpc) is 3.95. The number of fused-ring (bicyclic) bond motifs is 13. The second kappa shape index (κ2) is 15.5. The number of para-hydroxylation sites is 1. The van der Waals surface area contributed by atoms with Crippen LogP contribution < -0.4 is 4.90 Å². The summed E-state index contributed by atoms with van der Waals surface area (Å²) in [6.45, 7) is 9.61. The fourth-order valence-corrected chi connectivity index (χ4v) is 14.6. The molecule has 0 amide bonds. The highest BCUT2D eigenvalue weighted by molar-refractivity contribution is 8.05. The Labute approximate surface area is 418 Å². The molecule has 0 spiro atoms. The average molecular weight is 933 g/mol. The number of nitrogens with zero attached hydrogens (tertiary/aromatic N) is 2. The maximum Gasteiger partial charge on any atom is 0.0588 e. The third-order valence-electron chi connectivity index (χ3n) is 15.4. The van der Waals surface area contributed by atoms with E-state index in [0.717, 1.165) is 17.1 Å². The highest BCUT2D eigenvalue weighted by Gasteiger charge is 2.42. The predicted molar refractivity (Wildman–Crippen MR) is 296 cm³/mol. The van der Waals surface area contributed by atoms with Crippen molar-refractivity contribution >= 4 is 62.4 Å². The summed E-state index contributed by atoms with van der Waals surface area (Å²) >= 11 is 3.85. The third-order valence-corrected chi connectivity index (χ3v) is 18.0. The minimum Gasteiger partial charge on any atom is -0.310 e. The molecule has 2 aliphatic carbocycles. The topological polar surface area (TPSA) is 8.17 Å². The fraction of sp³-hybridized carbons (Fsp3) is 0.0909. The highest BCUT2D eigenvalue weighted by atomic mass is 32.2. The zero-order valence-electron chi connectivity index (χ0n) is 39.5. The van der Waals surface area contributed by atoms with Crippen LogP contribution in [0, 0.1) is 0 Å². The van der Waals surface area contributed by atoms with Gasteiger partial charge in [-0.1, -0.05) is 197 Å². The molecule has 11 aromatic rings. The minimum atomic E-state index is -0.220. The van der Waals surface area contributed by atoms with Gasteiger partial charge in [-0.25, -0.2) is 0 Å². The summed E-state index contributed by atoms with van der Waals surface area (Å²) in [7, 11) is 0. The summed E-state index contributed by atoms with van der Waals surface area (Å²) in [5.41, 5.74) is 22.5. The molecule has 1 aliphatic heterocycles. The second-order valence-corrected chi connectivity index (χ2v) is 22.2. The summed E-state index contributed by atoms with van der Waals surface area (Å²) in [4.78, 5) is 7.85. The lowest BCUT2D eigenvalue weighted by Gasteiger charge is -2.28. The van der Waals surface area contributed by atoms with Crippen molar-refractivity contribution in [1.29, 1.82) is 0 Å². The molecule has 0 atom stereocenters. The molecule has 0 bridgehead atoms. The molecular formula is C66H48N2S2. The van der Waals surface area contributed by atoms with Crippen molar-refractivity contribution in [3.63, 3.8) is 0 Å². The van der Waals surface area contributed by atoms with E-state index < -0.39 is 0 Å². The molecule has 0 unspecified atom stereocenters. The van der Waals surface area contributed by atoms with E-state index in [0.29, 0.717) is 0 Å². The first-order valence-electron chi connectivity index (χ1n) is 24.3. The maximum atomic E-state index is 2.53. The van der Waals surface area contributed by atoms with Crippen LogP contribution in [-0.2, 0) is 10.8 Å². The van der Waals surface area contributed by atoms with Crippen LogP contribution in [0.4, 0.5) is 17.1 Å². The number of rotatable bonds is 6. The van der Waals surface area contributed by atoms with Gasteiger partial charge < -0.3 is 9.47 Å². The Morgan fingerprint density at radius 3 is 1.64 bits per heavy atom. The smallest absolute Gasteiger partial charge is 0.0588 e. The third kappa shape index (κ3) is 6.16. The number of hydrogen-bond acceptors (Lipinski definition) is 3. The molecule has 2 heterocycles. The van der Waals surface area contributed by atoms with Gasteiger partial charge in [0.25, 0.3) is 0 Å². The maximum absolute atomic E-state index is 2.53. The monoisotopic (exact) mass is 932 g/mol. The van der Waals surface area contributed by atoms with Gasteiger partial charge in [-0.3, -0.25) is 0 Å². The van der Waals surface area contributed by atoms with Crippen molar-refractivity contribution in [3.05, 3.63) is 241 Å². The second-order valence-electron chi connectivity index (χ2n) is 20.1. The van der Waals surface area contributed by atoms with Gasteiger partial charge in [-0.15, -0.1) is 0 Å². The van der Waals surface area contributed by atoms with Crippen LogP contribution in [0.1, 0.15) is 49.9 Å². The van der Waals surface area contributed by atoms with Crippen molar-refractivity contribution in [2.24, 2.45) is 0 Å². The zero-order chi connectivity index (χ0) is 46.9. The van der Waals surface area contributed by atoms with Crippen LogP contribution in [0.5, 0.6) is 0 Å². The van der Waals surface area contributed by atoms with Gasteiger partial charge in [-0.05, 0) is 140 Å². The Kier molecular flexibility index (Phi) is 9.18. The van der Waals surface area contributed by atoms with Crippen LogP contribution in [0.2, 0.25) is 0 Å². The van der Waals surface area contributed by atoms with E-state index in [4.69, 9.17) is 0 Å². The lowest BCUT2D eigenvalue weighted by molar-refractivity contribution is 0.645. The van der Waals surface area contributed by atoms with Crippen LogP contribution in [0.15, 0.2) is 238 Å². The van der Waals surface area contributed by atoms with Crippen LogP contribution >= 0.6 is 23.5 Å². The Morgan fingerprint density at radius 1 is 0.371 bits per heavy atom. The van der Waals surface area contributed by atoms with Gasteiger partial charge in [0.15, 0.2) is 0 Å². The van der Waals surface area contributed by atoms with Crippen LogP contribution in [-0.4, -0.2) is 4.57 Å². The van der Waals surface area contributed by atoms with E-state index in [2.05, 4.69) is 256 Å². The first-order valence-corrected chi connectivity index (χ1v) is 26.0. The molecule has 0 fully saturated rings. The van der Waals surface area contributed by atoms with Gasteiger partial charge in [0.05, 0.1) is 11.0 Å². The SMILES string of the molecule is CC1(C)c2ccccc2-c2ccc(N(c3ccc(-c4ccccc4)cc3)c3ccc(-c4ccc(-n5c6ccccc6c6ccc7c(c65)C(C)(C)c5c-7ccc6c5Sc5ccccc5S6)cc4)cc3)cc21. The number of anilines is 3. The van der Waals surface area contributed by atoms with E-state index in [1.807, 2.05) is 23.5 Å². The molecule has 1 aromatic heterocycles. The molecule has 2 nitrogen and oxygen atoms in total. The predicted octanol–water partition coefficient (Wildman–Crippen LogP) is 18.8. The molecule has 0 radical (unpaired) electrons. The van der Waals surface area contributed by atoms with Crippen LogP contribution in [0.3, 0.4) is 0 Å². The Morgan fingerprint density at radius 2 is 0.914 bits per heavy atom. The van der Waals surface area contributed by atoms with Crippen molar-refractivity contribution < 1.29 is 0 Å². The van der Waals surface area contributed by atoms with Crippen molar-refractivity contribution in [1.82, 2.24) is 4.57 Å². The first kappa shape index (κ1) is 41.5. The van der Waals surface area contributed by atoms with E-state index in [1.165, 1.54) is 114 Å². The van der Waals surface area contributed by atoms with E-state index in [-0.39, 0.29) is 10.8 Å². The molecule has 0 saturated carbocycles. The molecule has 4 heteroatoms. The Hall–Kier alpha value is -7.50. The Bertz CT molecular complexity index is 3920. The molecule has 334 valence electrons. The van der Waals surface area contributed by atoms with E-state index in [1.54, 1.807) is 0 Å². The lowest BCUT2D eigenvalue weighted by Crippen LogP contribution is -2.18. The summed E-state index contributed by atoms with van der Waals surface area (Å²) in [5, 5.41) is 2.58. The standard InChI is InChI=1S/C66H48N2S2/c1-65(2)55-18-10-8-16-49(55)50-35-34-48(40-56(50)65)67(45-28-22-42(23-29-45)41-14-6-5-7-15-41)46-30-24-43(25-31-46)44-26-32-47(33-27-44)68-57-19-11-9-17-51(57)54-37-36-52-53-38-39-60-64(62(53)66(3,4)61(52)63(54)68)70-59-21-13-12-20-58(59)69-60/h5-40H,1-4H3. The molecule has 70 heavy (non-hydrogen) atoms. The summed E-state index contributed by atoms with van der Waals surface area (Å²) in [6, 6.07) is 81.2. The summed E-state index contributed by atoms with van der Waals surface area (Å²) in [6.07, 6.45) is 0. The van der Waals surface area contributed by atoms with Gasteiger partial charge >= 0.3 is 0 Å². The highest BCUT2D eigenvalue weighted by Crippen LogP contribution is 2.60. The normalized spacial score (nSPS) is 14.4. The van der Waals surface area contributed by atoms with E-state index in [9.17, 15) is 0 Å². The summed E-state index contributed by atoms with van der Waals surface area (Å²) < 4.78 is 2.53. The van der Waals surface area contributed by atoms with Gasteiger partial charge in [0.1, 0.15) is 0 Å². The molecule has 0 N–H and O–H groups in total. The molecular weight excluding hydrogens is 885 g/mol. The van der Waals surface area contributed by atoms with Crippen molar-refractivity contribution in [2.45, 2.75) is 58.1 Å². The van der Waals surface area contributed by atoms with Crippen molar-refractivity contribution in [2.75, 3.05) is 4.90 Å². The lowest BCUT2D eigenvalue weighted by atomic mass is 9.81. The minimum absolute atomic E-state index is 0.104. The summed E-state index contributed by atoms with van der Waals surface area (Å²) in [5.74, 6) is 0. The molecule has 3 aliphatic rings. The largest absolute Gasteiger partial charge is 0.310 e.